The van der Waals surface area contributed by atoms with Crippen molar-refractivity contribution in [3.63, 3.8) is 0 Å². The van der Waals surface area contributed by atoms with Gasteiger partial charge >= 0.3 is 5.97 Å². The van der Waals surface area contributed by atoms with Gasteiger partial charge in [0.05, 0.1) is 5.41 Å². The van der Waals surface area contributed by atoms with Gasteiger partial charge in [-0.15, -0.1) is 0 Å². The molecule has 0 saturated heterocycles. The topological polar surface area (TPSA) is 122 Å². The van der Waals surface area contributed by atoms with Crippen molar-refractivity contribution < 1.29 is 23.9 Å². The Balaban J connectivity index is 2.24. The molecule has 8 nitrogen and oxygen atoms in total. The summed E-state index contributed by atoms with van der Waals surface area (Å²) in [5.74, 6) is -1.67. The average molecular weight is 403 g/mol. The normalized spacial score (nSPS) is 17.0. The van der Waals surface area contributed by atoms with Crippen LogP contribution in [0.15, 0.2) is 35.0 Å². The van der Waals surface area contributed by atoms with Crippen LogP contribution < -0.4 is 10.6 Å². The number of aliphatic carboxylic acids is 1. The number of carbonyl (C=O) groups is 3. The Kier molecular flexibility index (Phi) is 7.36. The van der Waals surface area contributed by atoms with Gasteiger partial charge < -0.3 is 20.2 Å². The second-order valence-electron chi connectivity index (χ2n) is 7.61. The van der Waals surface area contributed by atoms with Crippen LogP contribution in [0.4, 0.5) is 0 Å². The Bertz CT molecular complexity index is 797. The third-order valence-electron chi connectivity index (χ3n) is 5.33. The Labute approximate surface area is 170 Å². The van der Waals surface area contributed by atoms with Gasteiger partial charge in [-0.3, -0.25) is 14.4 Å². The minimum absolute atomic E-state index is 0.00768. The van der Waals surface area contributed by atoms with Crippen molar-refractivity contribution in [3.05, 3.63) is 42.2 Å². The number of carboxylic acid groups (broad SMARTS) is 1. The van der Waals surface area contributed by atoms with Gasteiger partial charge in [0.1, 0.15) is 18.8 Å². The molecular formula is C21H29N3O5. The van der Waals surface area contributed by atoms with E-state index in [1.165, 1.54) is 6.26 Å². The first kappa shape index (κ1) is 22.4. The fraction of sp³-hybridized carbons (Fsp3) is 0.524. The van der Waals surface area contributed by atoms with Gasteiger partial charge in [-0.1, -0.05) is 58.4 Å². The van der Waals surface area contributed by atoms with E-state index in [1.807, 2.05) is 52.0 Å². The summed E-state index contributed by atoms with van der Waals surface area (Å²) >= 11 is 0. The number of oxazole rings is 1. The molecule has 0 bridgehead atoms. The third-order valence-corrected chi connectivity index (χ3v) is 5.33. The Hall–Kier alpha value is -2.90. The Morgan fingerprint density at radius 2 is 1.90 bits per heavy atom. The van der Waals surface area contributed by atoms with Crippen molar-refractivity contribution in [1.82, 2.24) is 15.6 Å². The standard InChI is InChI=1S/C21H29N3O5/c1-5-14(4)17(19-23-15(12-29-19)18(27)22-11-16(25)26)24-20(28)21(13(2)3)9-7-6-8-10-21/h7-10,12-14,17H,5-6,11H2,1-4H3,(H,22,27)(H,24,28)(H,25,26)/t14-,17-/m0/s1. The van der Waals surface area contributed by atoms with Crippen molar-refractivity contribution >= 4 is 17.8 Å². The molecule has 1 heterocycles. The van der Waals surface area contributed by atoms with Crippen molar-refractivity contribution in [1.29, 1.82) is 0 Å². The SMILES string of the molecule is CC[C@H](C)[C@H](NC(=O)C1(C(C)C)C=CCC=C1)c1nc(C(=O)NCC(=O)O)co1. The molecule has 158 valence electrons. The van der Waals surface area contributed by atoms with E-state index in [9.17, 15) is 14.4 Å². The monoisotopic (exact) mass is 403 g/mol. The molecule has 3 N–H and O–H groups in total. The highest BCUT2D eigenvalue weighted by molar-refractivity contribution is 5.93. The molecular weight excluding hydrogens is 374 g/mol. The van der Waals surface area contributed by atoms with E-state index in [2.05, 4.69) is 15.6 Å². The largest absolute Gasteiger partial charge is 0.480 e. The number of nitrogens with one attached hydrogen (secondary N) is 2. The molecule has 29 heavy (non-hydrogen) atoms. The predicted octanol–water partition coefficient (Wildman–Crippen LogP) is 2.85. The highest BCUT2D eigenvalue weighted by atomic mass is 16.4. The second kappa shape index (κ2) is 9.54. The molecule has 2 amide bonds. The molecule has 1 aromatic rings. The van der Waals surface area contributed by atoms with E-state index < -0.39 is 29.9 Å². The van der Waals surface area contributed by atoms with E-state index in [4.69, 9.17) is 9.52 Å². The van der Waals surface area contributed by atoms with Gasteiger partial charge in [-0.2, -0.15) is 0 Å². The van der Waals surface area contributed by atoms with Crippen LogP contribution in [-0.4, -0.2) is 34.4 Å². The van der Waals surface area contributed by atoms with Crippen molar-refractivity contribution in [2.45, 2.75) is 46.6 Å². The van der Waals surface area contributed by atoms with Crippen molar-refractivity contribution in [2.75, 3.05) is 6.54 Å². The zero-order valence-corrected chi connectivity index (χ0v) is 17.3. The van der Waals surface area contributed by atoms with E-state index >= 15 is 0 Å². The maximum Gasteiger partial charge on any atom is 0.322 e. The Morgan fingerprint density at radius 1 is 1.24 bits per heavy atom. The summed E-state index contributed by atoms with van der Waals surface area (Å²) in [7, 11) is 0. The van der Waals surface area contributed by atoms with Crippen molar-refractivity contribution in [3.8, 4) is 0 Å². The smallest absolute Gasteiger partial charge is 0.322 e. The molecule has 1 aromatic heterocycles. The number of allylic oxidation sites excluding steroid dienone is 2. The number of carbonyl (C=O) groups excluding carboxylic acids is 2. The molecule has 1 aliphatic rings. The third kappa shape index (κ3) is 5.13. The van der Waals surface area contributed by atoms with Crippen LogP contribution in [0.2, 0.25) is 0 Å². The summed E-state index contributed by atoms with van der Waals surface area (Å²) in [5.41, 5.74) is -0.780. The molecule has 0 aromatic carbocycles. The van der Waals surface area contributed by atoms with E-state index in [-0.39, 0.29) is 29.3 Å². The summed E-state index contributed by atoms with van der Waals surface area (Å²) < 4.78 is 5.49. The number of rotatable bonds is 9. The minimum Gasteiger partial charge on any atom is -0.480 e. The first-order valence-corrected chi connectivity index (χ1v) is 9.83. The van der Waals surface area contributed by atoms with Crippen molar-refractivity contribution in [2.24, 2.45) is 17.3 Å². The second-order valence-corrected chi connectivity index (χ2v) is 7.61. The lowest BCUT2D eigenvalue weighted by Gasteiger charge is -2.34. The molecule has 0 aliphatic heterocycles. The van der Waals surface area contributed by atoms with Gasteiger partial charge in [0.15, 0.2) is 5.69 Å². The van der Waals surface area contributed by atoms with Gasteiger partial charge in [0.2, 0.25) is 11.8 Å². The molecule has 0 saturated carbocycles. The number of hydrogen-bond acceptors (Lipinski definition) is 5. The van der Waals surface area contributed by atoms with Gasteiger partial charge in [0, 0.05) is 0 Å². The van der Waals surface area contributed by atoms with Crippen LogP contribution in [-0.2, 0) is 9.59 Å². The molecule has 1 aliphatic carbocycles. The highest BCUT2D eigenvalue weighted by Gasteiger charge is 2.40. The predicted molar refractivity (Wildman–Crippen MR) is 107 cm³/mol. The maximum absolute atomic E-state index is 13.3. The zero-order chi connectivity index (χ0) is 21.6. The zero-order valence-electron chi connectivity index (χ0n) is 17.3. The van der Waals surface area contributed by atoms with Gasteiger partial charge in [-0.05, 0) is 18.3 Å². The number of nitrogens with zero attached hydrogens (tertiary/aromatic N) is 1. The van der Waals surface area contributed by atoms with Crippen LogP contribution in [0.25, 0.3) is 0 Å². The molecule has 2 atom stereocenters. The Morgan fingerprint density at radius 3 is 2.45 bits per heavy atom. The first-order chi connectivity index (χ1) is 13.7. The molecule has 0 unspecified atom stereocenters. The summed E-state index contributed by atoms with van der Waals surface area (Å²) in [4.78, 5) is 40.1. The summed E-state index contributed by atoms with van der Waals surface area (Å²) in [6.07, 6.45) is 10.6. The number of carboxylic acids is 1. The van der Waals surface area contributed by atoms with Gasteiger partial charge in [0.25, 0.3) is 5.91 Å². The molecule has 0 radical (unpaired) electrons. The van der Waals surface area contributed by atoms with Crippen LogP contribution in [0.3, 0.4) is 0 Å². The first-order valence-electron chi connectivity index (χ1n) is 9.83. The maximum atomic E-state index is 13.3. The number of amides is 2. The van der Waals surface area contributed by atoms with Gasteiger partial charge in [-0.25, -0.2) is 4.98 Å². The molecule has 0 spiro atoms. The minimum atomic E-state index is -1.15. The van der Waals surface area contributed by atoms with E-state index in [0.29, 0.717) is 0 Å². The number of hydrogen-bond donors (Lipinski definition) is 3. The molecule has 2 rings (SSSR count). The van der Waals surface area contributed by atoms with Crippen LogP contribution in [0.1, 0.15) is 63.0 Å². The summed E-state index contributed by atoms with van der Waals surface area (Å²) in [6, 6.07) is -0.520. The van der Waals surface area contributed by atoms with Crippen LogP contribution in [0.5, 0.6) is 0 Å². The van der Waals surface area contributed by atoms with E-state index in [0.717, 1.165) is 12.8 Å². The fourth-order valence-electron chi connectivity index (χ4n) is 3.19. The molecule has 8 heteroatoms. The summed E-state index contributed by atoms with van der Waals surface area (Å²) in [5, 5.41) is 14.0. The van der Waals surface area contributed by atoms with Crippen LogP contribution in [0, 0.1) is 17.3 Å². The fourth-order valence-corrected chi connectivity index (χ4v) is 3.19. The highest BCUT2D eigenvalue weighted by Crippen LogP contribution is 2.36. The molecule has 0 fully saturated rings. The van der Waals surface area contributed by atoms with E-state index in [1.54, 1.807) is 0 Å². The lowest BCUT2D eigenvalue weighted by atomic mass is 9.73. The lowest BCUT2D eigenvalue weighted by molar-refractivity contribution is -0.135. The summed E-state index contributed by atoms with van der Waals surface area (Å²) in [6.45, 7) is 7.43. The average Bonchev–Trinajstić information content (AvgIpc) is 3.19. The van der Waals surface area contributed by atoms with Crippen LogP contribution >= 0.6 is 0 Å². The quantitative estimate of drug-likeness (QED) is 0.545. The lowest BCUT2D eigenvalue weighted by Crippen LogP contribution is -2.45. The number of aromatic nitrogens is 1.